The molecule has 5 nitrogen and oxygen atoms in total. The number of nitrogens with two attached hydrogens (primary N) is 1. The second kappa shape index (κ2) is 9.18. The predicted octanol–water partition coefficient (Wildman–Crippen LogP) is 4.41. The number of methoxy groups -OCH3 is 2. The molecule has 3 N–H and O–H groups in total. The normalized spacial score (nSPS) is 14.5. The van der Waals surface area contributed by atoms with Gasteiger partial charge in [0.25, 0.3) is 0 Å². The predicted molar refractivity (Wildman–Crippen MR) is 121 cm³/mol. The number of nitrogens with zero attached hydrogens (tertiary/aromatic N) is 1. The average Bonchev–Trinajstić information content (AvgIpc) is 2.79. The molecule has 0 amide bonds. The standard InChI is InChI=1S/C25H29N3O2/c1-29-23-9-6-17(15-24(23)30-2)14-20-16-19(18-10-12-27-13-11-18)7-8-21(20)22-4-3-5-25(26)28-22/h3-9,15-16,18,27H,10-14H2,1-2H3,(H2,26,28). The highest BCUT2D eigenvalue weighted by Gasteiger charge is 2.18. The minimum Gasteiger partial charge on any atom is -0.493 e. The largest absolute Gasteiger partial charge is 0.493 e. The summed E-state index contributed by atoms with van der Waals surface area (Å²) < 4.78 is 10.9. The molecular formula is C25H29N3O2. The number of piperidine rings is 1. The minimum atomic E-state index is 0.534. The number of anilines is 1. The van der Waals surface area contributed by atoms with Gasteiger partial charge in [0.2, 0.25) is 0 Å². The summed E-state index contributed by atoms with van der Waals surface area (Å²) in [5.41, 5.74) is 11.8. The van der Waals surface area contributed by atoms with Crippen molar-refractivity contribution in [3.63, 3.8) is 0 Å². The van der Waals surface area contributed by atoms with Crippen LogP contribution in [-0.4, -0.2) is 32.3 Å². The van der Waals surface area contributed by atoms with E-state index in [9.17, 15) is 0 Å². The molecule has 1 aromatic heterocycles. The fourth-order valence-corrected chi connectivity index (χ4v) is 4.23. The zero-order valence-electron chi connectivity index (χ0n) is 17.7. The van der Waals surface area contributed by atoms with Crippen LogP contribution in [0.5, 0.6) is 11.5 Å². The summed E-state index contributed by atoms with van der Waals surface area (Å²) in [6, 6.07) is 18.7. The van der Waals surface area contributed by atoms with Gasteiger partial charge in [0.05, 0.1) is 19.9 Å². The van der Waals surface area contributed by atoms with Gasteiger partial charge in [-0.3, -0.25) is 0 Å². The Balaban J connectivity index is 1.74. The van der Waals surface area contributed by atoms with Crippen molar-refractivity contribution < 1.29 is 9.47 Å². The van der Waals surface area contributed by atoms with Crippen LogP contribution < -0.4 is 20.5 Å². The van der Waals surface area contributed by atoms with Crippen LogP contribution in [0.2, 0.25) is 0 Å². The summed E-state index contributed by atoms with van der Waals surface area (Å²) in [6.07, 6.45) is 3.13. The number of pyridine rings is 1. The molecule has 30 heavy (non-hydrogen) atoms. The molecule has 0 bridgehead atoms. The highest BCUT2D eigenvalue weighted by Crippen LogP contribution is 2.33. The van der Waals surface area contributed by atoms with Gasteiger partial charge in [-0.05, 0) is 79.2 Å². The first-order chi connectivity index (χ1) is 14.7. The molecule has 2 aromatic carbocycles. The van der Waals surface area contributed by atoms with Gasteiger partial charge in [-0.2, -0.15) is 0 Å². The highest BCUT2D eigenvalue weighted by molar-refractivity contribution is 5.66. The Morgan fingerprint density at radius 3 is 2.50 bits per heavy atom. The molecule has 156 valence electrons. The van der Waals surface area contributed by atoms with E-state index in [1.165, 1.54) is 29.5 Å². The van der Waals surface area contributed by atoms with E-state index >= 15 is 0 Å². The lowest BCUT2D eigenvalue weighted by Crippen LogP contribution is -2.26. The molecule has 5 heteroatoms. The summed E-state index contributed by atoms with van der Waals surface area (Å²) in [6.45, 7) is 2.16. The number of aromatic nitrogens is 1. The monoisotopic (exact) mass is 403 g/mol. The van der Waals surface area contributed by atoms with Gasteiger partial charge >= 0.3 is 0 Å². The van der Waals surface area contributed by atoms with Crippen LogP contribution in [0.25, 0.3) is 11.3 Å². The van der Waals surface area contributed by atoms with Crippen LogP contribution in [-0.2, 0) is 6.42 Å². The van der Waals surface area contributed by atoms with E-state index < -0.39 is 0 Å². The lowest BCUT2D eigenvalue weighted by atomic mass is 9.86. The molecule has 1 aliphatic rings. The first kappa shape index (κ1) is 20.2. The average molecular weight is 404 g/mol. The molecule has 0 spiro atoms. The Kier molecular flexibility index (Phi) is 6.19. The first-order valence-corrected chi connectivity index (χ1v) is 10.5. The Hall–Kier alpha value is -3.05. The van der Waals surface area contributed by atoms with E-state index in [1.54, 1.807) is 14.2 Å². The molecule has 0 unspecified atom stereocenters. The van der Waals surface area contributed by atoms with Crippen molar-refractivity contribution in [2.24, 2.45) is 0 Å². The second-order valence-electron chi connectivity index (χ2n) is 7.75. The summed E-state index contributed by atoms with van der Waals surface area (Å²) >= 11 is 0. The lowest BCUT2D eigenvalue weighted by Gasteiger charge is -2.24. The van der Waals surface area contributed by atoms with Crippen molar-refractivity contribution in [2.75, 3.05) is 33.0 Å². The summed E-state index contributed by atoms with van der Waals surface area (Å²) in [5.74, 6) is 2.61. The number of rotatable bonds is 6. The van der Waals surface area contributed by atoms with Crippen LogP contribution in [0.15, 0.2) is 54.6 Å². The van der Waals surface area contributed by atoms with E-state index in [2.05, 4.69) is 34.6 Å². The molecule has 0 saturated carbocycles. The Labute approximate surface area is 178 Å². The molecule has 0 radical (unpaired) electrons. The zero-order valence-corrected chi connectivity index (χ0v) is 17.7. The number of hydrogen-bond donors (Lipinski definition) is 2. The number of benzene rings is 2. The van der Waals surface area contributed by atoms with Gasteiger partial charge in [0.1, 0.15) is 5.82 Å². The van der Waals surface area contributed by atoms with E-state index in [-0.39, 0.29) is 0 Å². The van der Waals surface area contributed by atoms with Gasteiger partial charge in [-0.25, -0.2) is 4.98 Å². The number of hydrogen-bond acceptors (Lipinski definition) is 5. The Bertz CT molecular complexity index is 1010. The van der Waals surface area contributed by atoms with Crippen molar-refractivity contribution in [1.29, 1.82) is 0 Å². The Morgan fingerprint density at radius 2 is 1.77 bits per heavy atom. The molecule has 1 aliphatic heterocycles. The van der Waals surface area contributed by atoms with Crippen molar-refractivity contribution in [3.05, 3.63) is 71.3 Å². The van der Waals surface area contributed by atoms with E-state index in [0.717, 1.165) is 42.3 Å². The smallest absolute Gasteiger partial charge is 0.160 e. The van der Waals surface area contributed by atoms with E-state index in [4.69, 9.17) is 15.2 Å². The van der Waals surface area contributed by atoms with Crippen LogP contribution in [0, 0.1) is 0 Å². The van der Waals surface area contributed by atoms with E-state index in [0.29, 0.717) is 11.7 Å². The van der Waals surface area contributed by atoms with E-state index in [1.807, 2.05) is 30.3 Å². The third kappa shape index (κ3) is 4.41. The van der Waals surface area contributed by atoms with Gasteiger partial charge in [0.15, 0.2) is 11.5 Å². The molecule has 4 rings (SSSR count). The molecule has 1 fully saturated rings. The fraction of sp³-hybridized carbons (Fsp3) is 0.320. The maximum Gasteiger partial charge on any atom is 0.160 e. The summed E-state index contributed by atoms with van der Waals surface area (Å²) in [7, 11) is 3.32. The maximum atomic E-state index is 5.97. The minimum absolute atomic E-state index is 0.534. The SMILES string of the molecule is COc1ccc(Cc2cc(C3CCNCC3)ccc2-c2cccc(N)n2)cc1OC. The number of ether oxygens (including phenoxy) is 2. The number of nitrogen functional groups attached to an aromatic ring is 1. The third-order valence-corrected chi connectivity index (χ3v) is 5.83. The van der Waals surface area contributed by atoms with Crippen LogP contribution in [0.3, 0.4) is 0 Å². The van der Waals surface area contributed by atoms with Gasteiger partial charge in [-0.1, -0.05) is 30.3 Å². The molecule has 2 heterocycles. The zero-order chi connectivity index (χ0) is 20.9. The molecule has 0 atom stereocenters. The van der Waals surface area contributed by atoms with Crippen molar-refractivity contribution >= 4 is 5.82 Å². The van der Waals surface area contributed by atoms with Crippen molar-refractivity contribution in [2.45, 2.75) is 25.2 Å². The fourth-order valence-electron chi connectivity index (χ4n) is 4.23. The Morgan fingerprint density at radius 1 is 0.967 bits per heavy atom. The highest BCUT2D eigenvalue weighted by atomic mass is 16.5. The van der Waals surface area contributed by atoms with Crippen molar-refractivity contribution in [3.8, 4) is 22.8 Å². The van der Waals surface area contributed by atoms with Gasteiger partial charge in [0, 0.05) is 5.56 Å². The molecular weight excluding hydrogens is 374 g/mol. The van der Waals surface area contributed by atoms with Gasteiger partial charge in [-0.15, -0.1) is 0 Å². The molecule has 1 saturated heterocycles. The summed E-state index contributed by atoms with van der Waals surface area (Å²) in [5, 5.41) is 3.46. The molecule has 3 aromatic rings. The third-order valence-electron chi connectivity index (χ3n) is 5.83. The topological polar surface area (TPSA) is 69.4 Å². The second-order valence-corrected chi connectivity index (χ2v) is 7.75. The summed E-state index contributed by atoms with van der Waals surface area (Å²) in [4.78, 5) is 4.57. The first-order valence-electron chi connectivity index (χ1n) is 10.5. The quantitative estimate of drug-likeness (QED) is 0.638. The van der Waals surface area contributed by atoms with Crippen LogP contribution in [0.1, 0.15) is 35.4 Å². The van der Waals surface area contributed by atoms with Gasteiger partial charge < -0.3 is 20.5 Å². The van der Waals surface area contributed by atoms with Crippen molar-refractivity contribution in [1.82, 2.24) is 10.3 Å². The molecule has 0 aliphatic carbocycles. The van der Waals surface area contributed by atoms with Crippen LogP contribution in [0.4, 0.5) is 5.82 Å². The lowest BCUT2D eigenvalue weighted by molar-refractivity contribution is 0.354. The number of nitrogens with one attached hydrogen (secondary N) is 1. The van der Waals surface area contributed by atoms with Crippen LogP contribution >= 0.6 is 0 Å². The maximum absolute atomic E-state index is 5.97.